The van der Waals surface area contributed by atoms with Gasteiger partial charge in [-0.05, 0) is 24.3 Å². The fraction of sp³-hybridized carbons (Fsp3) is 0.150. The summed E-state index contributed by atoms with van der Waals surface area (Å²) in [6.07, 6.45) is 0. The van der Waals surface area contributed by atoms with Crippen LogP contribution in [0.1, 0.15) is 17.3 Å². The first-order chi connectivity index (χ1) is 12.5. The number of anilines is 2. The van der Waals surface area contributed by atoms with E-state index in [9.17, 15) is 14.4 Å². The molecule has 2 heterocycles. The number of nitrogens with zero attached hydrogens (tertiary/aromatic N) is 1. The number of benzene rings is 2. The highest BCUT2D eigenvalue weighted by molar-refractivity contribution is 6.11. The number of nitrogens with one attached hydrogen (secondary N) is 1. The fourth-order valence-electron chi connectivity index (χ4n) is 3.07. The zero-order valence-corrected chi connectivity index (χ0v) is 14.1. The summed E-state index contributed by atoms with van der Waals surface area (Å²) in [6.45, 7) is 1.91. The van der Waals surface area contributed by atoms with Gasteiger partial charge in [-0.1, -0.05) is 37.3 Å². The van der Waals surface area contributed by atoms with Crippen molar-refractivity contribution in [2.45, 2.75) is 6.92 Å². The second kappa shape index (κ2) is 6.15. The molecule has 0 fully saturated rings. The molecule has 0 unspecified atom stereocenters. The topological polar surface area (TPSA) is 79.6 Å². The van der Waals surface area contributed by atoms with Gasteiger partial charge in [0, 0.05) is 11.9 Å². The standard InChI is InChI=1S/C20H16N2O4/c1-12-11-22(16-8-4-3-7-15(16)21-18(12)23)19(24)14-10-13-6-2-5-9-17(13)26-20(14)25/h2-10,12H,11H2,1H3,(H,21,23)/t12-/m0/s1. The van der Waals surface area contributed by atoms with E-state index in [0.717, 1.165) is 0 Å². The van der Waals surface area contributed by atoms with Gasteiger partial charge in [-0.15, -0.1) is 0 Å². The fourth-order valence-corrected chi connectivity index (χ4v) is 3.07. The lowest BCUT2D eigenvalue weighted by molar-refractivity contribution is -0.119. The van der Waals surface area contributed by atoms with E-state index in [1.54, 1.807) is 49.4 Å². The highest BCUT2D eigenvalue weighted by Gasteiger charge is 2.30. The van der Waals surface area contributed by atoms with E-state index in [1.807, 2.05) is 6.07 Å². The molecule has 3 aromatic rings. The molecule has 0 aliphatic carbocycles. The van der Waals surface area contributed by atoms with Crippen molar-refractivity contribution in [3.8, 4) is 0 Å². The molecule has 1 aromatic heterocycles. The normalized spacial score (nSPS) is 16.7. The first-order valence-electron chi connectivity index (χ1n) is 8.29. The van der Waals surface area contributed by atoms with Gasteiger partial charge in [0.05, 0.1) is 17.3 Å². The molecule has 0 bridgehead atoms. The van der Waals surface area contributed by atoms with Crippen LogP contribution in [0.25, 0.3) is 11.0 Å². The van der Waals surface area contributed by atoms with Gasteiger partial charge < -0.3 is 14.6 Å². The van der Waals surface area contributed by atoms with Crippen molar-refractivity contribution in [3.05, 3.63) is 70.6 Å². The lowest BCUT2D eigenvalue weighted by atomic mass is 10.1. The van der Waals surface area contributed by atoms with Gasteiger partial charge in [0.15, 0.2) is 0 Å². The first kappa shape index (κ1) is 16.1. The molecule has 1 aliphatic rings. The van der Waals surface area contributed by atoms with E-state index in [0.29, 0.717) is 22.3 Å². The molecule has 1 atom stereocenters. The molecule has 2 amide bonds. The predicted molar refractivity (Wildman–Crippen MR) is 98.4 cm³/mol. The van der Waals surface area contributed by atoms with Crippen LogP contribution in [-0.2, 0) is 4.79 Å². The summed E-state index contributed by atoms with van der Waals surface area (Å²) in [6, 6.07) is 15.6. The van der Waals surface area contributed by atoms with Crippen molar-refractivity contribution in [1.82, 2.24) is 0 Å². The molecule has 0 radical (unpaired) electrons. The van der Waals surface area contributed by atoms with Crippen LogP contribution in [-0.4, -0.2) is 18.4 Å². The van der Waals surface area contributed by atoms with Crippen molar-refractivity contribution in [3.63, 3.8) is 0 Å². The molecule has 130 valence electrons. The Hall–Kier alpha value is -3.41. The second-order valence-electron chi connectivity index (χ2n) is 6.31. The summed E-state index contributed by atoms with van der Waals surface area (Å²) >= 11 is 0. The van der Waals surface area contributed by atoms with Gasteiger partial charge >= 0.3 is 5.63 Å². The van der Waals surface area contributed by atoms with Crippen molar-refractivity contribution in [1.29, 1.82) is 0 Å². The Balaban J connectivity index is 1.84. The molecule has 1 N–H and O–H groups in total. The summed E-state index contributed by atoms with van der Waals surface area (Å²) < 4.78 is 5.29. The van der Waals surface area contributed by atoms with Crippen LogP contribution in [0, 0.1) is 5.92 Å². The molecule has 0 spiro atoms. The minimum absolute atomic E-state index is 0.0555. The lowest BCUT2D eigenvalue weighted by Gasteiger charge is -2.23. The molecule has 4 rings (SSSR count). The largest absolute Gasteiger partial charge is 0.422 e. The summed E-state index contributed by atoms with van der Waals surface area (Å²) in [7, 11) is 0. The van der Waals surface area contributed by atoms with Crippen LogP contribution in [0.4, 0.5) is 11.4 Å². The Morgan fingerprint density at radius 2 is 1.85 bits per heavy atom. The number of hydrogen-bond acceptors (Lipinski definition) is 4. The third-order valence-corrected chi connectivity index (χ3v) is 4.47. The van der Waals surface area contributed by atoms with Crippen LogP contribution < -0.4 is 15.8 Å². The average molecular weight is 348 g/mol. The third-order valence-electron chi connectivity index (χ3n) is 4.47. The molecule has 6 nitrogen and oxygen atoms in total. The molecule has 1 aliphatic heterocycles. The lowest BCUT2D eigenvalue weighted by Crippen LogP contribution is -2.38. The monoisotopic (exact) mass is 348 g/mol. The summed E-state index contributed by atoms with van der Waals surface area (Å²) in [5.74, 6) is -1.07. The maximum atomic E-state index is 13.2. The SMILES string of the molecule is C[C@H]1CN(C(=O)c2cc3ccccc3oc2=O)c2ccccc2NC1=O. The quantitative estimate of drug-likeness (QED) is 0.686. The third kappa shape index (κ3) is 2.65. The highest BCUT2D eigenvalue weighted by atomic mass is 16.4. The molecule has 2 aromatic carbocycles. The van der Waals surface area contributed by atoms with Gasteiger partial charge in [-0.25, -0.2) is 4.79 Å². The van der Waals surface area contributed by atoms with Crippen LogP contribution >= 0.6 is 0 Å². The van der Waals surface area contributed by atoms with E-state index in [2.05, 4.69) is 5.32 Å². The van der Waals surface area contributed by atoms with Gasteiger partial charge in [-0.2, -0.15) is 0 Å². The van der Waals surface area contributed by atoms with Crippen LogP contribution in [0.3, 0.4) is 0 Å². The van der Waals surface area contributed by atoms with Crippen LogP contribution in [0.15, 0.2) is 63.8 Å². The zero-order chi connectivity index (χ0) is 18.3. The maximum absolute atomic E-state index is 13.2. The Kier molecular flexibility index (Phi) is 3.80. The van der Waals surface area contributed by atoms with Gasteiger partial charge in [-0.3, -0.25) is 9.59 Å². The van der Waals surface area contributed by atoms with Gasteiger partial charge in [0.1, 0.15) is 11.1 Å². The number of amides is 2. The second-order valence-corrected chi connectivity index (χ2v) is 6.31. The summed E-state index contributed by atoms with van der Waals surface area (Å²) in [5, 5.41) is 3.49. The molecule has 26 heavy (non-hydrogen) atoms. The Morgan fingerprint density at radius 1 is 1.12 bits per heavy atom. The van der Waals surface area contributed by atoms with Crippen molar-refractivity contribution in [2.75, 3.05) is 16.8 Å². The van der Waals surface area contributed by atoms with Gasteiger partial charge in [0.2, 0.25) is 5.91 Å². The van der Waals surface area contributed by atoms with Gasteiger partial charge in [0.25, 0.3) is 5.91 Å². The van der Waals surface area contributed by atoms with E-state index in [4.69, 9.17) is 4.42 Å². The van der Waals surface area contributed by atoms with Crippen molar-refractivity contribution >= 4 is 34.2 Å². The number of rotatable bonds is 1. The average Bonchev–Trinajstić information content (AvgIpc) is 2.77. The minimum Gasteiger partial charge on any atom is -0.422 e. The van der Waals surface area contributed by atoms with E-state index < -0.39 is 17.5 Å². The Labute approximate surface area is 149 Å². The molecule has 0 saturated carbocycles. The highest BCUT2D eigenvalue weighted by Crippen LogP contribution is 2.31. The number of carbonyl (C=O) groups excluding carboxylic acids is 2. The zero-order valence-electron chi connectivity index (χ0n) is 14.1. The number of fused-ring (bicyclic) bond motifs is 2. The minimum atomic E-state index is -0.692. The molecule has 0 saturated heterocycles. The molecular weight excluding hydrogens is 332 g/mol. The number of hydrogen-bond donors (Lipinski definition) is 1. The van der Waals surface area contributed by atoms with Crippen LogP contribution in [0.5, 0.6) is 0 Å². The smallest absolute Gasteiger partial charge is 0.349 e. The molecular formula is C20H16N2O4. The molecule has 6 heteroatoms. The Morgan fingerprint density at radius 3 is 2.69 bits per heavy atom. The summed E-state index contributed by atoms with van der Waals surface area (Å²) in [5.41, 5.74) is 0.779. The maximum Gasteiger partial charge on any atom is 0.349 e. The van der Waals surface area contributed by atoms with Crippen molar-refractivity contribution < 1.29 is 14.0 Å². The van der Waals surface area contributed by atoms with E-state index in [1.165, 1.54) is 11.0 Å². The number of carbonyl (C=O) groups is 2. The predicted octanol–water partition coefficient (Wildman–Crippen LogP) is 3.03. The van der Waals surface area contributed by atoms with E-state index >= 15 is 0 Å². The summed E-state index contributed by atoms with van der Waals surface area (Å²) in [4.78, 5) is 39.2. The number of para-hydroxylation sites is 3. The first-order valence-corrected chi connectivity index (χ1v) is 8.29. The van der Waals surface area contributed by atoms with Crippen LogP contribution in [0.2, 0.25) is 0 Å². The Bertz CT molecular complexity index is 1090. The van der Waals surface area contributed by atoms with Crippen molar-refractivity contribution in [2.24, 2.45) is 5.92 Å². The van der Waals surface area contributed by atoms with E-state index in [-0.39, 0.29) is 18.0 Å².